The first kappa shape index (κ1) is 11.4. The monoisotopic (exact) mass is 261 g/mol. The van der Waals surface area contributed by atoms with Crippen molar-refractivity contribution in [1.82, 2.24) is 10.3 Å². The van der Waals surface area contributed by atoms with E-state index in [0.717, 1.165) is 4.90 Å². The first-order chi connectivity index (χ1) is 7.42. The Balaban J connectivity index is 2.47. The predicted octanol–water partition coefficient (Wildman–Crippen LogP) is 1.63. The Kier molecular flexibility index (Phi) is 2.69. The molecular weight excluding hydrogens is 253 g/mol. The number of urea groups is 1. The van der Waals surface area contributed by atoms with E-state index in [2.05, 4.69) is 10.3 Å². The largest absolute Gasteiger partial charge is 0.369 e. The molecule has 0 spiro atoms. The van der Waals surface area contributed by atoms with E-state index in [4.69, 9.17) is 23.2 Å². The summed E-state index contributed by atoms with van der Waals surface area (Å²) in [7, 11) is 0. The number of β-amino-alcohol motifs (C(OH)–C–C–N with tert-alkyl or cyclic N) is 1. The van der Waals surface area contributed by atoms with Crippen molar-refractivity contribution in [3.63, 3.8) is 0 Å². The Bertz CT molecular complexity index is 450. The summed E-state index contributed by atoms with van der Waals surface area (Å²) < 4.78 is 0. The van der Waals surface area contributed by atoms with E-state index in [1.807, 2.05) is 0 Å². The van der Waals surface area contributed by atoms with Crippen LogP contribution < -0.4 is 10.2 Å². The SMILES string of the molecule is CC1(O)CNC(=O)N1c1ncc(Cl)cc1Cl. The molecule has 7 heteroatoms. The van der Waals surface area contributed by atoms with Crippen LogP contribution in [0.1, 0.15) is 6.92 Å². The van der Waals surface area contributed by atoms with Crippen molar-refractivity contribution in [3.05, 3.63) is 22.3 Å². The van der Waals surface area contributed by atoms with Crippen LogP contribution in [0.5, 0.6) is 0 Å². The second-order valence-corrected chi connectivity index (χ2v) is 4.51. The molecule has 1 unspecified atom stereocenters. The molecule has 0 bridgehead atoms. The van der Waals surface area contributed by atoms with Crippen LogP contribution in [-0.2, 0) is 0 Å². The molecule has 2 heterocycles. The van der Waals surface area contributed by atoms with Gasteiger partial charge in [-0.3, -0.25) is 0 Å². The van der Waals surface area contributed by atoms with Gasteiger partial charge >= 0.3 is 6.03 Å². The number of hydrogen-bond donors (Lipinski definition) is 2. The standard InChI is InChI=1S/C9H9Cl2N3O2/c1-9(16)4-13-8(15)14(9)7-6(11)2-5(10)3-12-7/h2-3,16H,4H2,1H3,(H,13,15). The summed E-state index contributed by atoms with van der Waals surface area (Å²) in [6.07, 6.45) is 1.37. The summed E-state index contributed by atoms with van der Waals surface area (Å²) in [5.41, 5.74) is -1.35. The van der Waals surface area contributed by atoms with Gasteiger partial charge < -0.3 is 10.4 Å². The lowest BCUT2D eigenvalue weighted by Gasteiger charge is -2.27. The van der Waals surface area contributed by atoms with Crippen molar-refractivity contribution in [2.24, 2.45) is 0 Å². The lowest BCUT2D eigenvalue weighted by atomic mass is 10.2. The molecule has 1 aliphatic heterocycles. The van der Waals surface area contributed by atoms with Crippen LogP contribution in [0.3, 0.4) is 0 Å². The zero-order valence-electron chi connectivity index (χ0n) is 8.37. The Labute approximate surface area is 102 Å². The van der Waals surface area contributed by atoms with Crippen LogP contribution in [-0.4, -0.2) is 28.4 Å². The van der Waals surface area contributed by atoms with E-state index >= 15 is 0 Å². The van der Waals surface area contributed by atoms with E-state index in [9.17, 15) is 9.90 Å². The first-order valence-electron chi connectivity index (χ1n) is 4.53. The zero-order chi connectivity index (χ0) is 11.9. The number of nitrogens with one attached hydrogen (secondary N) is 1. The second kappa shape index (κ2) is 3.76. The molecule has 0 saturated carbocycles. The average Bonchev–Trinajstić information content (AvgIpc) is 2.43. The number of rotatable bonds is 1. The Morgan fingerprint density at radius 1 is 1.62 bits per heavy atom. The summed E-state index contributed by atoms with van der Waals surface area (Å²) >= 11 is 11.6. The van der Waals surface area contributed by atoms with Gasteiger partial charge in [-0.1, -0.05) is 23.2 Å². The molecule has 16 heavy (non-hydrogen) atoms. The van der Waals surface area contributed by atoms with Gasteiger partial charge in [0.05, 0.1) is 16.6 Å². The van der Waals surface area contributed by atoms with Gasteiger partial charge in [0, 0.05) is 6.20 Å². The molecule has 0 aromatic carbocycles. The molecule has 0 radical (unpaired) electrons. The number of carbonyl (C=O) groups is 1. The summed E-state index contributed by atoms with van der Waals surface area (Å²) in [5.74, 6) is 0.186. The van der Waals surface area contributed by atoms with Gasteiger partial charge in [0.1, 0.15) is 0 Å². The molecule has 86 valence electrons. The van der Waals surface area contributed by atoms with Gasteiger partial charge in [0.15, 0.2) is 11.5 Å². The van der Waals surface area contributed by atoms with Gasteiger partial charge in [-0.2, -0.15) is 0 Å². The van der Waals surface area contributed by atoms with Crippen molar-refractivity contribution in [1.29, 1.82) is 0 Å². The number of aliphatic hydroxyl groups is 1. The van der Waals surface area contributed by atoms with Gasteiger partial charge in [-0.25, -0.2) is 14.7 Å². The van der Waals surface area contributed by atoms with Crippen LogP contribution in [0, 0.1) is 0 Å². The molecule has 1 fully saturated rings. The molecular formula is C9H9Cl2N3O2. The third kappa shape index (κ3) is 1.81. The maximum Gasteiger partial charge on any atom is 0.325 e. The molecule has 2 amide bonds. The normalized spacial score (nSPS) is 24.8. The molecule has 2 rings (SSSR count). The Hall–Kier alpha value is -1.04. The predicted molar refractivity (Wildman–Crippen MR) is 60.8 cm³/mol. The maximum absolute atomic E-state index is 11.6. The minimum absolute atomic E-state index is 0.118. The molecule has 1 aromatic heterocycles. The van der Waals surface area contributed by atoms with Crippen molar-refractivity contribution < 1.29 is 9.90 Å². The number of anilines is 1. The van der Waals surface area contributed by atoms with Crippen molar-refractivity contribution in [2.45, 2.75) is 12.6 Å². The summed E-state index contributed by atoms with van der Waals surface area (Å²) in [5, 5.41) is 13.1. The Morgan fingerprint density at radius 2 is 2.31 bits per heavy atom. The summed E-state index contributed by atoms with van der Waals surface area (Å²) in [6.45, 7) is 1.62. The minimum atomic E-state index is -1.35. The third-order valence-electron chi connectivity index (χ3n) is 2.26. The lowest BCUT2D eigenvalue weighted by Crippen LogP contribution is -2.45. The van der Waals surface area contributed by atoms with Crippen molar-refractivity contribution in [3.8, 4) is 0 Å². The van der Waals surface area contributed by atoms with Gasteiger partial charge in [-0.05, 0) is 13.0 Å². The van der Waals surface area contributed by atoms with E-state index < -0.39 is 11.8 Å². The number of amides is 2. The fourth-order valence-corrected chi connectivity index (χ4v) is 1.98. The van der Waals surface area contributed by atoms with Crippen LogP contribution in [0.2, 0.25) is 10.0 Å². The van der Waals surface area contributed by atoms with Crippen LogP contribution in [0.15, 0.2) is 12.3 Å². The first-order valence-corrected chi connectivity index (χ1v) is 5.29. The molecule has 1 aromatic rings. The minimum Gasteiger partial charge on any atom is -0.369 e. The molecule has 5 nitrogen and oxygen atoms in total. The third-order valence-corrected chi connectivity index (χ3v) is 2.74. The second-order valence-electron chi connectivity index (χ2n) is 3.67. The van der Waals surface area contributed by atoms with Crippen molar-refractivity contribution in [2.75, 3.05) is 11.4 Å². The van der Waals surface area contributed by atoms with Crippen LogP contribution in [0.4, 0.5) is 10.6 Å². The molecule has 1 atom stereocenters. The quantitative estimate of drug-likeness (QED) is 0.808. The fraction of sp³-hybridized carbons (Fsp3) is 0.333. The Morgan fingerprint density at radius 3 is 2.81 bits per heavy atom. The molecule has 1 saturated heterocycles. The topological polar surface area (TPSA) is 65.5 Å². The smallest absolute Gasteiger partial charge is 0.325 e. The van der Waals surface area contributed by atoms with Crippen LogP contribution in [0.25, 0.3) is 0 Å². The van der Waals surface area contributed by atoms with E-state index in [1.165, 1.54) is 19.2 Å². The highest BCUT2D eigenvalue weighted by molar-refractivity contribution is 6.36. The number of aromatic nitrogens is 1. The lowest BCUT2D eigenvalue weighted by molar-refractivity contribution is 0.0853. The van der Waals surface area contributed by atoms with Gasteiger partial charge in [-0.15, -0.1) is 0 Å². The molecule has 2 N–H and O–H groups in total. The number of carbonyl (C=O) groups excluding carboxylic acids is 1. The summed E-state index contributed by atoms with van der Waals surface area (Å²) in [4.78, 5) is 16.6. The number of nitrogens with zero attached hydrogens (tertiary/aromatic N) is 2. The average molecular weight is 262 g/mol. The molecule has 1 aliphatic rings. The fourth-order valence-electron chi connectivity index (χ4n) is 1.52. The maximum atomic E-state index is 11.6. The zero-order valence-corrected chi connectivity index (χ0v) is 9.88. The van der Waals surface area contributed by atoms with Gasteiger partial charge in [0.25, 0.3) is 0 Å². The number of halogens is 2. The number of hydrogen-bond acceptors (Lipinski definition) is 3. The van der Waals surface area contributed by atoms with E-state index in [0.29, 0.717) is 5.02 Å². The highest BCUT2D eigenvalue weighted by Crippen LogP contribution is 2.31. The number of pyridine rings is 1. The van der Waals surface area contributed by atoms with Crippen LogP contribution >= 0.6 is 23.2 Å². The van der Waals surface area contributed by atoms with E-state index in [1.54, 1.807) is 0 Å². The highest BCUT2D eigenvalue weighted by atomic mass is 35.5. The molecule has 0 aliphatic carbocycles. The highest BCUT2D eigenvalue weighted by Gasteiger charge is 2.42. The van der Waals surface area contributed by atoms with Gasteiger partial charge in [0.2, 0.25) is 0 Å². The van der Waals surface area contributed by atoms with Crippen molar-refractivity contribution >= 4 is 35.1 Å². The summed E-state index contributed by atoms with van der Waals surface area (Å²) in [6, 6.07) is 1.02. The van der Waals surface area contributed by atoms with E-state index in [-0.39, 0.29) is 17.4 Å².